The maximum Gasteiger partial charge on any atom is 0.0493 e. The molecule has 3 fully saturated rings. The molecule has 0 unspecified atom stereocenters. The molecule has 0 radical (unpaired) electrons. The van der Waals surface area contributed by atoms with Crippen LogP contribution in [-0.2, 0) is 0 Å². The predicted octanol–water partition coefficient (Wildman–Crippen LogP) is 7.28. The van der Waals surface area contributed by atoms with Crippen molar-refractivity contribution in [3.8, 4) is 0 Å². The zero-order chi connectivity index (χ0) is 23.6. The number of nitrogens with two attached hydrogens (primary N) is 1. The van der Waals surface area contributed by atoms with E-state index < -0.39 is 0 Å². The van der Waals surface area contributed by atoms with E-state index in [1.165, 1.54) is 63.4 Å². The molecule has 0 heterocycles. The maximum atomic E-state index is 10.6. The van der Waals surface area contributed by atoms with Crippen molar-refractivity contribution in [1.82, 2.24) is 0 Å². The Hall–Kier alpha value is -0.600. The standard InChI is InChI=1S/C30H51NO/c1-21(2)22-11-13-29(7)25(27(22,5)12-8-18-31)10-9-23-24-19-26(3,4)14-16-30(24,20-32)17-15-28(23,29)6/h9,22,24-25,32H,1,8,10-20,31H2,2-7H3/t22-,24+,25+,27-,28+,29+,30+/m0/s1. The van der Waals surface area contributed by atoms with E-state index in [4.69, 9.17) is 5.73 Å². The van der Waals surface area contributed by atoms with E-state index in [1.807, 2.05) is 0 Å². The molecule has 0 aromatic rings. The van der Waals surface area contributed by atoms with Crippen LogP contribution in [0.3, 0.4) is 0 Å². The van der Waals surface area contributed by atoms with E-state index in [9.17, 15) is 5.11 Å². The quantitative estimate of drug-likeness (QED) is 0.440. The third kappa shape index (κ3) is 3.33. The second-order valence-electron chi connectivity index (χ2n) is 14.0. The lowest BCUT2D eigenvalue weighted by atomic mass is 9.35. The fourth-order valence-corrected chi connectivity index (χ4v) is 9.64. The SMILES string of the molecule is C=C(C)[C@@H]1CC[C@]2(C)[C@H](CC=C3[C@H]4CC(C)(C)CC[C@]4(CO)CC[C@]32C)[C@@]1(C)CCCN. The molecule has 0 bridgehead atoms. The predicted molar refractivity (Wildman–Crippen MR) is 136 cm³/mol. The summed E-state index contributed by atoms with van der Waals surface area (Å²) in [6.45, 7) is 20.6. The average Bonchev–Trinajstić information content (AvgIpc) is 2.72. The van der Waals surface area contributed by atoms with Gasteiger partial charge in [-0.3, -0.25) is 0 Å². The zero-order valence-corrected chi connectivity index (χ0v) is 22.0. The topological polar surface area (TPSA) is 46.2 Å². The van der Waals surface area contributed by atoms with Crippen molar-refractivity contribution in [1.29, 1.82) is 0 Å². The number of aliphatic hydroxyl groups is 1. The van der Waals surface area contributed by atoms with Gasteiger partial charge in [0.05, 0.1) is 0 Å². The van der Waals surface area contributed by atoms with Crippen molar-refractivity contribution in [3.05, 3.63) is 23.8 Å². The van der Waals surface area contributed by atoms with Crippen LogP contribution < -0.4 is 5.73 Å². The second-order valence-corrected chi connectivity index (χ2v) is 14.0. The van der Waals surface area contributed by atoms with Gasteiger partial charge in [-0.05, 0) is 117 Å². The summed E-state index contributed by atoms with van der Waals surface area (Å²) in [5.74, 6) is 1.85. The van der Waals surface area contributed by atoms with E-state index in [0.717, 1.165) is 13.0 Å². The molecule has 0 saturated heterocycles. The normalized spacial score (nSPS) is 47.6. The number of rotatable bonds is 5. The van der Waals surface area contributed by atoms with Crippen molar-refractivity contribution >= 4 is 0 Å². The molecule has 0 aromatic heterocycles. The van der Waals surface area contributed by atoms with Crippen LogP contribution in [-0.4, -0.2) is 18.3 Å². The minimum absolute atomic E-state index is 0.127. The third-order valence-electron chi connectivity index (χ3n) is 11.9. The molecule has 4 aliphatic carbocycles. The molecule has 0 amide bonds. The molecule has 0 aromatic carbocycles. The van der Waals surface area contributed by atoms with Gasteiger partial charge in [0.1, 0.15) is 0 Å². The van der Waals surface area contributed by atoms with Crippen LogP contribution >= 0.6 is 0 Å². The van der Waals surface area contributed by atoms with Crippen LogP contribution in [0.1, 0.15) is 106 Å². The fraction of sp³-hybridized carbons (Fsp3) is 0.867. The summed E-state index contributed by atoms with van der Waals surface area (Å²) in [4.78, 5) is 0. The van der Waals surface area contributed by atoms with Crippen LogP contribution in [0.5, 0.6) is 0 Å². The third-order valence-corrected chi connectivity index (χ3v) is 11.9. The second kappa shape index (κ2) is 7.98. The number of hydrogen-bond acceptors (Lipinski definition) is 2. The van der Waals surface area contributed by atoms with Crippen LogP contribution in [0, 0.1) is 44.8 Å². The minimum Gasteiger partial charge on any atom is -0.396 e. The van der Waals surface area contributed by atoms with Crippen molar-refractivity contribution in [3.63, 3.8) is 0 Å². The van der Waals surface area contributed by atoms with Gasteiger partial charge in [-0.15, -0.1) is 0 Å². The molecular formula is C30H51NO. The van der Waals surface area contributed by atoms with Crippen molar-refractivity contribution < 1.29 is 5.11 Å². The Balaban J connectivity index is 1.79. The lowest BCUT2D eigenvalue weighted by Crippen LogP contribution is -2.61. The molecule has 32 heavy (non-hydrogen) atoms. The van der Waals surface area contributed by atoms with E-state index in [1.54, 1.807) is 5.57 Å². The van der Waals surface area contributed by atoms with E-state index in [2.05, 4.69) is 54.2 Å². The number of allylic oxidation sites excluding steroid dienone is 3. The first-order valence-electron chi connectivity index (χ1n) is 13.6. The molecular weight excluding hydrogens is 390 g/mol. The minimum atomic E-state index is 0.127. The highest BCUT2D eigenvalue weighted by molar-refractivity contribution is 5.34. The molecule has 3 saturated carbocycles. The van der Waals surface area contributed by atoms with E-state index in [-0.39, 0.29) is 16.2 Å². The van der Waals surface area contributed by atoms with Gasteiger partial charge in [-0.1, -0.05) is 58.4 Å². The molecule has 0 spiro atoms. The molecule has 2 heteroatoms. The van der Waals surface area contributed by atoms with Gasteiger partial charge in [0.2, 0.25) is 0 Å². The first kappa shape index (κ1) is 24.5. The summed E-state index contributed by atoms with van der Waals surface area (Å²) in [6, 6.07) is 0. The van der Waals surface area contributed by atoms with E-state index in [0.29, 0.717) is 35.2 Å². The Kier molecular flexibility index (Phi) is 6.11. The molecule has 3 N–H and O–H groups in total. The molecule has 7 atom stereocenters. The van der Waals surface area contributed by atoms with E-state index >= 15 is 0 Å². The van der Waals surface area contributed by atoms with Crippen LogP contribution in [0.25, 0.3) is 0 Å². The van der Waals surface area contributed by atoms with Gasteiger partial charge in [0.25, 0.3) is 0 Å². The molecule has 4 aliphatic rings. The summed E-state index contributed by atoms with van der Waals surface area (Å²) in [5.41, 5.74) is 10.5. The molecule has 182 valence electrons. The van der Waals surface area contributed by atoms with Crippen LogP contribution in [0.15, 0.2) is 23.8 Å². The average molecular weight is 442 g/mol. The summed E-state index contributed by atoms with van der Waals surface area (Å²) in [7, 11) is 0. The van der Waals surface area contributed by atoms with Crippen molar-refractivity contribution in [2.24, 2.45) is 50.6 Å². The highest BCUT2D eigenvalue weighted by Gasteiger charge is 2.65. The maximum absolute atomic E-state index is 10.6. The van der Waals surface area contributed by atoms with Gasteiger partial charge in [0, 0.05) is 12.0 Å². The van der Waals surface area contributed by atoms with Gasteiger partial charge < -0.3 is 10.8 Å². The molecule has 4 rings (SSSR count). The van der Waals surface area contributed by atoms with Crippen LogP contribution in [0.2, 0.25) is 0 Å². The largest absolute Gasteiger partial charge is 0.396 e. The Morgan fingerprint density at radius 3 is 2.41 bits per heavy atom. The summed E-state index contributed by atoms with van der Waals surface area (Å²) in [5, 5.41) is 10.6. The highest BCUT2D eigenvalue weighted by Crippen LogP contribution is 2.74. The Morgan fingerprint density at radius 2 is 1.78 bits per heavy atom. The smallest absolute Gasteiger partial charge is 0.0493 e. The lowest BCUT2D eigenvalue weighted by molar-refractivity contribution is -0.148. The lowest BCUT2D eigenvalue weighted by Gasteiger charge is -2.69. The van der Waals surface area contributed by atoms with Crippen molar-refractivity contribution in [2.45, 2.75) is 106 Å². The Morgan fingerprint density at radius 1 is 1.09 bits per heavy atom. The number of fused-ring (bicyclic) bond motifs is 5. The zero-order valence-electron chi connectivity index (χ0n) is 22.0. The van der Waals surface area contributed by atoms with Gasteiger partial charge in [-0.2, -0.15) is 0 Å². The number of hydrogen-bond donors (Lipinski definition) is 2. The molecule has 2 nitrogen and oxygen atoms in total. The highest BCUT2D eigenvalue weighted by atomic mass is 16.3. The number of aliphatic hydroxyl groups excluding tert-OH is 1. The monoisotopic (exact) mass is 441 g/mol. The van der Waals surface area contributed by atoms with Crippen molar-refractivity contribution in [2.75, 3.05) is 13.2 Å². The van der Waals surface area contributed by atoms with Gasteiger partial charge in [0.15, 0.2) is 0 Å². The Bertz CT molecular complexity index is 782. The van der Waals surface area contributed by atoms with Crippen LogP contribution in [0.4, 0.5) is 0 Å². The summed E-state index contributed by atoms with van der Waals surface area (Å²) in [6.07, 6.45) is 15.0. The van der Waals surface area contributed by atoms with Gasteiger partial charge in [-0.25, -0.2) is 0 Å². The summed E-state index contributed by atoms with van der Waals surface area (Å²) < 4.78 is 0. The molecule has 0 aliphatic heterocycles. The first-order chi connectivity index (χ1) is 14.9. The Labute approximate surface area is 198 Å². The fourth-order valence-electron chi connectivity index (χ4n) is 9.64. The first-order valence-corrected chi connectivity index (χ1v) is 13.6. The van der Waals surface area contributed by atoms with Gasteiger partial charge >= 0.3 is 0 Å². The summed E-state index contributed by atoms with van der Waals surface area (Å²) >= 11 is 0.